The van der Waals surface area contributed by atoms with Crippen molar-refractivity contribution in [2.75, 3.05) is 0 Å². The van der Waals surface area contributed by atoms with Crippen LogP contribution >= 0.6 is 0 Å². The van der Waals surface area contributed by atoms with Crippen molar-refractivity contribution in [3.05, 3.63) is 74.2 Å². The molecular formula is C18H16N2O3. The third kappa shape index (κ3) is 1.93. The van der Waals surface area contributed by atoms with Crippen LogP contribution in [-0.4, -0.2) is 9.13 Å². The van der Waals surface area contributed by atoms with Gasteiger partial charge in [-0.05, 0) is 17.6 Å². The lowest BCUT2D eigenvalue weighted by molar-refractivity contribution is 0.526. The molecule has 5 nitrogen and oxygen atoms in total. The summed E-state index contributed by atoms with van der Waals surface area (Å²) >= 11 is 0. The number of rotatable bonds is 0. The van der Waals surface area contributed by atoms with Gasteiger partial charge in [-0.1, -0.05) is 36.5 Å². The Hall–Kier alpha value is -2.82. The monoisotopic (exact) mass is 308 g/mol. The van der Waals surface area contributed by atoms with Crippen LogP contribution in [0.4, 0.5) is 0 Å². The highest BCUT2D eigenvalue weighted by molar-refractivity contribution is 5.92. The number of aromatic nitrogens is 2. The number of furan rings is 1. The first-order chi connectivity index (χ1) is 11.1. The van der Waals surface area contributed by atoms with E-state index >= 15 is 0 Å². The van der Waals surface area contributed by atoms with E-state index in [1.165, 1.54) is 17.2 Å². The number of aryl methyl sites for hydroxylation is 1. The van der Waals surface area contributed by atoms with Crippen LogP contribution in [0.2, 0.25) is 0 Å². The maximum atomic E-state index is 12.7. The van der Waals surface area contributed by atoms with Gasteiger partial charge in [-0.2, -0.15) is 0 Å². The smallest absolute Gasteiger partial charge is 0.333 e. The molecule has 0 aromatic carbocycles. The lowest BCUT2D eigenvalue weighted by Gasteiger charge is -2.10. The lowest BCUT2D eigenvalue weighted by Crippen LogP contribution is -2.36. The molecule has 23 heavy (non-hydrogen) atoms. The van der Waals surface area contributed by atoms with Gasteiger partial charge in [0.2, 0.25) is 5.71 Å². The molecule has 0 atom stereocenters. The van der Waals surface area contributed by atoms with Crippen LogP contribution < -0.4 is 11.2 Å². The fraction of sp³-hybridized carbons (Fsp3) is 0.222. The molecule has 0 spiro atoms. The zero-order valence-electron chi connectivity index (χ0n) is 13.0. The maximum Gasteiger partial charge on any atom is 0.333 e. The zero-order chi connectivity index (χ0) is 16.1. The molecule has 0 N–H and O–H groups in total. The van der Waals surface area contributed by atoms with Gasteiger partial charge in [0.1, 0.15) is 11.1 Å². The largest absolute Gasteiger partial charge is 0.443 e. The number of fused-ring (bicyclic) bond motifs is 6. The van der Waals surface area contributed by atoms with E-state index in [4.69, 9.17) is 4.42 Å². The fourth-order valence-corrected chi connectivity index (χ4v) is 3.24. The first-order valence-electron chi connectivity index (χ1n) is 7.52. The highest BCUT2D eigenvalue weighted by atomic mass is 16.3. The second kappa shape index (κ2) is 4.84. The normalized spacial score (nSPS) is 17.8. The zero-order valence-corrected chi connectivity index (χ0v) is 13.0. The van der Waals surface area contributed by atoms with E-state index in [9.17, 15) is 9.59 Å². The van der Waals surface area contributed by atoms with Gasteiger partial charge in [-0.15, -0.1) is 0 Å². The van der Waals surface area contributed by atoms with Crippen molar-refractivity contribution < 1.29 is 4.42 Å². The van der Waals surface area contributed by atoms with E-state index in [-0.39, 0.29) is 11.2 Å². The van der Waals surface area contributed by atoms with Gasteiger partial charge in [-0.3, -0.25) is 13.9 Å². The molecule has 0 aliphatic heterocycles. The van der Waals surface area contributed by atoms with Gasteiger partial charge >= 0.3 is 5.69 Å². The topological polar surface area (TPSA) is 57.1 Å². The SMILES string of the molecule is Cn1c(=O)c2c3c(oc2n(C)c1=O)C/C=C\C1=CC=CC=C3C1. The molecule has 0 unspecified atom stereocenters. The average Bonchev–Trinajstić information content (AvgIpc) is 2.73. The molecule has 2 aromatic heterocycles. The summed E-state index contributed by atoms with van der Waals surface area (Å²) in [6.45, 7) is 0. The van der Waals surface area contributed by atoms with Crippen molar-refractivity contribution in [3.8, 4) is 0 Å². The predicted octanol–water partition coefficient (Wildman–Crippen LogP) is 2.21. The molecule has 0 fully saturated rings. The Labute approximate surface area is 132 Å². The van der Waals surface area contributed by atoms with Crippen LogP contribution in [0.5, 0.6) is 0 Å². The first kappa shape index (κ1) is 13.8. The predicted molar refractivity (Wildman–Crippen MR) is 89.4 cm³/mol. The quantitative estimate of drug-likeness (QED) is 0.750. The van der Waals surface area contributed by atoms with Gasteiger partial charge in [0, 0.05) is 26.1 Å². The molecule has 0 amide bonds. The molecule has 116 valence electrons. The second-order valence-electron chi connectivity index (χ2n) is 5.89. The molecule has 0 radical (unpaired) electrons. The number of hydrogen-bond acceptors (Lipinski definition) is 3. The van der Waals surface area contributed by atoms with Crippen LogP contribution in [0, 0.1) is 0 Å². The Morgan fingerprint density at radius 1 is 1.09 bits per heavy atom. The van der Waals surface area contributed by atoms with E-state index < -0.39 is 0 Å². The van der Waals surface area contributed by atoms with Gasteiger partial charge in [-0.25, -0.2) is 4.79 Å². The van der Waals surface area contributed by atoms with E-state index in [0.717, 1.165) is 27.9 Å². The van der Waals surface area contributed by atoms with E-state index in [2.05, 4.69) is 12.2 Å². The molecule has 2 heterocycles. The van der Waals surface area contributed by atoms with Gasteiger partial charge in [0.15, 0.2) is 0 Å². The minimum Gasteiger partial charge on any atom is -0.443 e. The molecule has 4 rings (SSSR count). The van der Waals surface area contributed by atoms with Crippen molar-refractivity contribution >= 4 is 16.7 Å². The summed E-state index contributed by atoms with van der Waals surface area (Å²) in [6, 6.07) is 0. The average molecular weight is 308 g/mol. The van der Waals surface area contributed by atoms with Crippen LogP contribution in [0.25, 0.3) is 16.7 Å². The Bertz CT molecular complexity index is 1070. The van der Waals surface area contributed by atoms with E-state index in [1.807, 2.05) is 24.3 Å². The maximum absolute atomic E-state index is 12.7. The summed E-state index contributed by atoms with van der Waals surface area (Å²) < 4.78 is 8.45. The standard InChI is InChI=1S/C18H16N2O3/c1-19-16(21)15-14-12-8-4-3-6-11(10-12)7-5-9-13(14)23-17(15)20(2)18(19)22/h3-8H,9-10H2,1-2H3/b7-5-. The minimum atomic E-state index is -0.380. The van der Waals surface area contributed by atoms with Gasteiger partial charge in [0.05, 0.1) is 0 Å². The summed E-state index contributed by atoms with van der Waals surface area (Å²) in [6.07, 6.45) is 13.5. The highest BCUT2D eigenvalue weighted by Crippen LogP contribution is 2.35. The summed E-state index contributed by atoms with van der Waals surface area (Å²) in [5.41, 5.74) is 2.72. The first-order valence-corrected chi connectivity index (χ1v) is 7.52. The summed E-state index contributed by atoms with van der Waals surface area (Å²) in [7, 11) is 3.13. The van der Waals surface area contributed by atoms with Gasteiger partial charge < -0.3 is 4.42 Å². The number of allylic oxidation sites excluding steroid dienone is 8. The molecule has 0 saturated heterocycles. The summed E-state index contributed by atoms with van der Waals surface area (Å²) in [5, 5.41) is 0.487. The van der Waals surface area contributed by atoms with Crippen LogP contribution in [-0.2, 0) is 20.5 Å². The van der Waals surface area contributed by atoms with Crippen molar-refractivity contribution in [2.24, 2.45) is 14.1 Å². The fourth-order valence-electron chi connectivity index (χ4n) is 3.24. The third-order valence-electron chi connectivity index (χ3n) is 4.43. The third-order valence-corrected chi connectivity index (χ3v) is 4.43. The lowest BCUT2D eigenvalue weighted by atomic mass is 9.93. The van der Waals surface area contributed by atoms with E-state index in [1.54, 1.807) is 7.05 Å². The Morgan fingerprint density at radius 2 is 1.87 bits per heavy atom. The second-order valence-corrected chi connectivity index (χ2v) is 5.89. The minimum absolute atomic E-state index is 0.308. The Kier molecular flexibility index (Phi) is 2.91. The van der Waals surface area contributed by atoms with Crippen molar-refractivity contribution in [2.45, 2.75) is 12.8 Å². The van der Waals surface area contributed by atoms with E-state index in [0.29, 0.717) is 17.5 Å². The molecule has 2 aliphatic rings. The van der Waals surface area contributed by atoms with Crippen molar-refractivity contribution in [1.82, 2.24) is 9.13 Å². The van der Waals surface area contributed by atoms with Gasteiger partial charge in [0.25, 0.3) is 5.56 Å². The molecule has 2 bridgehead atoms. The Balaban J connectivity index is 2.18. The van der Waals surface area contributed by atoms with Crippen molar-refractivity contribution in [1.29, 1.82) is 0 Å². The van der Waals surface area contributed by atoms with Crippen LogP contribution in [0.1, 0.15) is 17.7 Å². The number of nitrogens with zero attached hydrogens (tertiary/aromatic N) is 2. The molecule has 5 heteroatoms. The molecule has 0 saturated carbocycles. The van der Waals surface area contributed by atoms with Crippen LogP contribution in [0.15, 0.2) is 56.0 Å². The Morgan fingerprint density at radius 3 is 2.70 bits per heavy atom. The molecule has 2 aromatic rings. The number of hydrogen-bond donors (Lipinski definition) is 0. The van der Waals surface area contributed by atoms with Crippen molar-refractivity contribution in [3.63, 3.8) is 0 Å². The van der Waals surface area contributed by atoms with Crippen LogP contribution in [0.3, 0.4) is 0 Å². The summed E-state index contributed by atoms with van der Waals surface area (Å²) in [5.74, 6) is 0.732. The molecular weight excluding hydrogens is 292 g/mol. The highest BCUT2D eigenvalue weighted by Gasteiger charge is 2.24. The summed E-state index contributed by atoms with van der Waals surface area (Å²) in [4.78, 5) is 24.8. The molecule has 2 aliphatic carbocycles.